The summed E-state index contributed by atoms with van der Waals surface area (Å²) in [4.78, 5) is 4.51. The molecule has 0 aromatic carbocycles. The molecule has 0 radical (unpaired) electrons. The molecule has 0 N–H and O–H groups in total. The number of hydrogen-bond acceptors (Lipinski definition) is 4. The molecule has 0 aliphatic carbocycles. The SMILES string of the molecule is CCCCCCCCCN(CCCCCCCCC)C(=S)[S-].CCCCCCCCCN(CCCCCCCCC)C(=S)[S-].[Zn+2]. The normalized spacial score (nSPS) is 10.6. The Balaban J connectivity index is -0.000000767. The van der Waals surface area contributed by atoms with Crippen molar-refractivity contribution in [1.29, 1.82) is 0 Å². The molecule has 0 heterocycles. The Morgan fingerprint density at radius 1 is 0.333 bits per heavy atom. The van der Waals surface area contributed by atoms with Crippen LogP contribution in [0.1, 0.15) is 207 Å². The van der Waals surface area contributed by atoms with Gasteiger partial charge in [0.2, 0.25) is 0 Å². The van der Waals surface area contributed by atoms with Gasteiger partial charge in [0, 0.05) is 26.2 Å². The van der Waals surface area contributed by atoms with E-state index in [9.17, 15) is 0 Å². The molecule has 45 heavy (non-hydrogen) atoms. The Hall–Kier alpha value is 0.843. The number of rotatable bonds is 32. The van der Waals surface area contributed by atoms with Crippen LogP contribution in [0, 0.1) is 0 Å². The minimum absolute atomic E-state index is 0. The van der Waals surface area contributed by atoms with E-state index in [2.05, 4.69) is 37.5 Å². The van der Waals surface area contributed by atoms with Crippen LogP contribution >= 0.6 is 24.4 Å². The molecule has 2 nitrogen and oxygen atoms in total. The second kappa shape index (κ2) is 42.9. The molecule has 0 amide bonds. The molecular formula is C38H76N2S4Zn. The number of unbranched alkanes of at least 4 members (excludes halogenated alkanes) is 24. The summed E-state index contributed by atoms with van der Waals surface area (Å²) < 4.78 is 1.36. The first-order chi connectivity index (χ1) is 21.4. The Labute approximate surface area is 319 Å². The summed E-state index contributed by atoms with van der Waals surface area (Å²) in [6.07, 6.45) is 37.8. The van der Waals surface area contributed by atoms with E-state index in [1.165, 1.54) is 180 Å². The Bertz CT molecular complexity index is 508. The van der Waals surface area contributed by atoms with Crippen LogP contribution in [0.4, 0.5) is 0 Å². The van der Waals surface area contributed by atoms with E-state index in [1.807, 2.05) is 0 Å². The molecule has 0 rings (SSSR count). The van der Waals surface area contributed by atoms with Crippen molar-refractivity contribution in [2.75, 3.05) is 26.2 Å². The van der Waals surface area contributed by atoms with Gasteiger partial charge in [-0.3, -0.25) is 0 Å². The van der Waals surface area contributed by atoms with Crippen molar-refractivity contribution < 1.29 is 19.5 Å². The molecule has 0 atom stereocenters. The molecule has 0 aliphatic rings. The minimum atomic E-state index is 0. The standard InChI is InChI=1S/2C19H39NS2.Zn/c2*1-3-5-7-9-11-13-15-17-20(19(21)22)18-16-14-12-10-8-6-4-2;/h2*3-18H2,1-2H3,(H,21,22);/q;;+2/p-2. The topological polar surface area (TPSA) is 6.48 Å². The predicted octanol–water partition coefficient (Wildman–Crippen LogP) is 13.2. The largest absolute Gasteiger partial charge is 2.00 e. The molecule has 0 saturated carbocycles. The van der Waals surface area contributed by atoms with Crippen molar-refractivity contribution in [2.45, 2.75) is 207 Å². The smallest absolute Gasteiger partial charge is 0.411 e. The number of nitrogens with zero attached hydrogens (tertiary/aromatic N) is 2. The molecular weight excluding hydrogens is 678 g/mol. The molecule has 0 unspecified atom stereocenters. The van der Waals surface area contributed by atoms with E-state index in [0.29, 0.717) is 8.64 Å². The summed E-state index contributed by atoms with van der Waals surface area (Å²) in [5, 5.41) is 0. The van der Waals surface area contributed by atoms with E-state index in [0.717, 1.165) is 26.2 Å². The van der Waals surface area contributed by atoms with Crippen LogP contribution in [-0.4, -0.2) is 44.6 Å². The van der Waals surface area contributed by atoms with Gasteiger partial charge < -0.3 is 59.5 Å². The van der Waals surface area contributed by atoms with Gasteiger partial charge in [0.15, 0.2) is 0 Å². The van der Waals surface area contributed by atoms with Gasteiger partial charge in [-0.05, 0) is 25.7 Å². The van der Waals surface area contributed by atoms with Crippen LogP contribution in [0.2, 0.25) is 0 Å². The maximum absolute atomic E-state index is 5.23. The second-order valence-electron chi connectivity index (χ2n) is 13.0. The Kier molecular flexibility index (Phi) is 47.8. The summed E-state index contributed by atoms with van der Waals surface area (Å²) in [5.41, 5.74) is 0. The fraction of sp³-hybridized carbons (Fsp3) is 0.947. The Morgan fingerprint density at radius 3 is 0.644 bits per heavy atom. The van der Waals surface area contributed by atoms with Gasteiger partial charge in [-0.25, -0.2) is 0 Å². The van der Waals surface area contributed by atoms with Crippen LogP contribution in [0.15, 0.2) is 0 Å². The van der Waals surface area contributed by atoms with Crippen molar-refractivity contribution >= 4 is 58.3 Å². The third kappa shape index (κ3) is 40.9. The van der Waals surface area contributed by atoms with Crippen LogP contribution in [-0.2, 0) is 44.7 Å². The fourth-order valence-corrected chi connectivity index (χ4v) is 6.36. The van der Waals surface area contributed by atoms with Gasteiger partial charge in [-0.2, -0.15) is 0 Å². The fourth-order valence-electron chi connectivity index (χ4n) is 5.63. The van der Waals surface area contributed by atoms with Crippen LogP contribution < -0.4 is 0 Å². The molecule has 0 saturated heterocycles. The van der Waals surface area contributed by atoms with Crippen molar-refractivity contribution in [3.63, 3.8) is 0 Å². The van der Waals surface area contributed by atoms with Crippen molar-refractivity contribution in [3.8, 4) is 0 Å². The van der Waals surface area contributed by atoms with Crippen LogP contribution in [0.5, 0.6) is 0 Å². The monoisotopic (exact) mass is 752 g/mol. The molecule has 0 aromatic heterocycles. The molecule has 0 bridgehead atoms. The van der Waals surface area contributed by atoms with Gasteiger partial charge in [-0.15, -0.1) is 0 Å². The van der Waals surface area contributed by atoms with E-state index in [-0.39, 0.29) is 19.5 Å². The Morgan fingerprint density at radius 2 is 0.489 bits per heavy atom. The van der Waals surface area contributed by atoms with Gasteiger partial charge in [0.25, 0.3) is 0 Å². The second-order valence-corrected chi connectivity index (χ2v) is 15.1. The average molecular weight is 755 g/mol. The molecule has 0 fully saturated rings. The third-order valence-corrected chi connectivity index (χ3v) is 9.68. The summed E-state index contributed by atoms with van der Waals surface area (Å²) >= 11 is 20.9. The van der Waals surface area contributed by atoms with Crippen LogP contribution in [0.3, 0.4) is 0 Å². The van der Waals surface area contributed by atoms with Crippen molar-refractivity contribution in [1.82, 2.24) is 9.80 Å². The zero-order chi connectivity index (χ0) is 32.9. The first kappa shape index (κ1) is 50.2. The number of thiocarbonyl (C=S) groups is 2. The summed E-state index contributed by atoms with van der Waals surface area (Å²) in [5.74, 6) is 0. The summed E-state index contributed by atoms with van der Waals surface area (Å²) in [6.45, 7) is 13.4. The van der Waals surface area contributed by atoms with E-state index in [4.69, 9.17) is 49.7 Å². The molecule has 7 heteroatoms. The van der Waals surface area contributed by atoms with Crippen LogP contribution in [0.25, 0.3) is 0 Å². The molecule has 264 valence electrons. The zero-order valence-corrected chi connectivity index (χ0v) is 37.1. The first-order valence-corrected chi connectivity index (χ1v) is 21.0. The molecule has 0 aliphatic heterocycles. The first-order valence-electron chi connectivity index (χ1n) is 19.4. The minimum Gasteiger partial charge on any atom is -0.411 e. The zero-order valence-electron chi connectivity index (χ0n) is 30.9. The van der Waals surface area contributed by atoms with E-state index >= 15 is 0 Å². The summed E-state index contributed by atoms with van der Waals surface area (Å²) in [7, 11) is 0. The maximum Gasteiger partial charge on any atom is 2.00 e. The van der Waals surface area contributed by atoms with E-state index < -0.39 is 0 Å². The summed E-state index contributed by atoms with van der Waals surface area (Å²) in [6, 6.07) is 0. The maximum atomic E-state index is 5.23. The third-order valence-electron chi connectivity index (χ3n) is 8.64. The molecule has 0 spiro atoms. The van der Waals surface area contributed by atoms with Gasteiger partial charge in [0.1, 0.15) is 0 Å². The average Bonchev–Trinajstić information content (AvgIpc) is 3.01. The predicted molar refractivity (Wildman–Crippen MR) is 215 cm³/mol. The van der Waals surface area contributed by atoms with Gasteiger partial charge in [0.05, 0.1) is 0 Å². The number of hydrogen-bond donors (Lipinski definition) is 0. The van der Waals surface area contributed by atoms with Crippen molar-refractivity contribution in [3.05, 3.63) is 0 Å². The quantitative estimate of drug-likeness (QED) is 0.0290. The van der Waals surface area contributed by atoms with Gasteiger partial charge in [-0.1, -0.05) is 190 Å². The van der Waals surface area contributed by atoms with Crippen molar-refractivity contribution in [2.24, 2.45) is 0 Å². The van der Waals surface area contributed by atoms with Gasteiger partial charge >= 0.3 is 19.5 Å². The molecule has 0 aromatic rings. The van der Waals surface area contributed by atoms with E-state index in [1.54, 1.807) is 0 Å².